The summed E-state index contributed by atoms with van der Waals surface area (Å²) >= 11 is 17.2. The van der Waals surface area contributed by atoms with Gasteiger partial charge in [-0.15, -0.1) is 0 Å². The van der Waals surface area contributed by atoms with Gasteiger partial charge in [-0.05, 0) is 48.4 Å². The summed E-state index contributed by atoms with van der Waals surface area (Å²) in [6.45, 7) is 1.25. The van der Waals surface area contributed by atoms with Crippen LogP contribution in [0.2, 0.25) is 10.0 Å². The van der Waals surface area contributed by atoms with Gasteiger partial charge >= 0.3 is 0 Å². The van der Waals surface area contributed by atoms with Crippen molar-refractivity contribution in [2.45, 2.75) is 11.8 Å². The molecule has 122 valence electrons. The minimum atomic E-state index is -4.03. The maximum absolute atomic E-state index is 12.9. The molecule has 0 heterocycles. The highest BCUT2D eigenvalue weighted by molar-refractivity contribution is 7.92. The number of sulfonamides is 1. The van der Waals surface area contributed by atoms with Crippen LogP contribution in [-0.4, -0.2) is 20.2 Å². The lowest BCUT2D eigenvalue weighted by Gasteiger charge is -2.24. The molecule has 0 amide bonds. The summed E-state index contributed by atoms with van der Waals surface area (Å²) in [5.41, 5.74) is 1.06. The van der Waals surface area contributed by atoms with Crippen LogP contribution in [0.5, 0.6) is 0 Å². The van der Waals surface area contributed by atoms with E-state index in [-0.39, 0.29) is 14.9 Å². The standard InChI is InChI=1S/C15H12Cl3NO3S/c1-10-4-2-3-5-14(10)19(9-15(18)20)23(21,22)11-6-7-12(16)13(17)8-11/h2-8H,9H2,1H3. The van der Waals surface area contributed by atoms with Crippen molar-refractivity contribution < 1.29 is 13.2 Å². The van der Waals surface area contributed by atoms with E-state index < -0.39 is 21.8 Å². The average Bonchev–Trinajstić information content (AvgIpc) is 2.48. The Labute approximate surface area is 149 Å². The number of nitrogens with zero attached hydrogens (tertiary/aromatic N) is 1. The molecular weight excluding hydrogens is 381 g/mol. The summed E-state index contributed by atoms with van der Waals surface area (Å²) in [6.07, 6.45) is 0. The first-order chi connectivity index (χ1) is 10.7. The van der Waals surface area contributed by atoms with Crippen molar-refractivity contribution in [3.8, 4) is 0 Å². The van der Waals surface area contributed by atoms with E-state index in [0.717, 1.165) is 4.31 Å². The summed E-state index contributed by atoms with van der Waals surface area (Å²) in [5, 5.41) is -0.451. The average molecular weight is 393 g/mol. The molecule has 0 spiro atoms. The van der Waals surface area contributed by atoms with Crippen molar-refractivity contribution in [2.75, 3.05) is 10.8 Å². The van der Waals surface area contributed by atoms with E-state index in [9.17, 15) is 13.2 Å². The number of aryl methyl sites for hydroxylation is 1. The van der Waals surface area contributed by atoms with Crippen LogP contribution >= 0.6 is 34.8 Å². The van der Waals surface area contributed by atoms with E-state index in [0.29, 0.717) is 11.3 Å². The molecule has 0 N–H and O–H groups in total. The van der Waals surface area contributed by atoms with Gasteiger partial charge in [-0.1, -0.05) is 41.4 Å². The Balaban J connectivity index is 2.60. The van der Waals surface area contributed by atoms with Gasteiger partial charge in [-0.3, -0.25) is 9.10 Å². The highest BCUT2D eigenvalue weighted by Crippen LogP contribution is 2.30. The molecule has 8 heteroatoms. The number of rotatable bonds is 5. The van der Waals surface area contributed by atoms with E-state index in [2.05, 4.69) is 0 Å². The number of benzene rings is 2. The number of carbonyl (C=O) groups excluding carboxylic acids is 1. The molecule has 23 heavy (non-hydrogen) atoms. The van der Waals surface area contributed by atoms with Crippen LogP contribution in [0.25, 0.3) is 0 Å². The number of hydrogen-bond acceptors (Lipinski definition) is 3. The van der Waals surface area contributed by atoms with Crippen LogP contribution in [0.1, 0.15) is 5.56 Å². The van der Waals surface area contributed by atoms with Gasteiger partial charge in [0.25, 0.3) is 10.0 Å². The summed E-state index contributed by atoms with van der Waals surface area (Å²) in [4.78, 5) is 11.3. The second kappa shape index (κ2) is 7.09. The molecule has 2 aromatic rings. The van der Waals surface area contributed by atoms with Gasteiger partial charge in [-0.2, -0.15) is 0 Å². The topological polar surface area (TPSA) is 54.5 Å². The Morgan fingerprint density at radius 2 is 1.74 bits per heavy atom. The minimum absolute atomic E-state index is 0.0759. The number of anilines is 1. The number of carbonyl (C=O) groups is 1. The van der Waals surface area contributed by atoms with E-state index >= 15 is 0 Å². The van der Waals surface area contributed by atoms with Crippen LogP contribution in [0.15, 0.2) is 47.4 Å². The summed E-state index contributed by atoms with van der Waals surface area (Å²) in [5.74, 6) is 0. The fraction of sp³-hybridized carbons (Fsp3) is 0.133. The fourth-order valence-electron chi connectivity index (χ4n) is 2.02. The minimum Gasteiger partial charge on any atom is -0.279 e. The first kappa shape index (κ1) is 18.1. The molecule has 0 aliphatic carbocycles. The first-order valence-electron chi connectivity index (χ1n) is 6.45. The van der Waals surface area contributed by atoms with E-state index in [1.54, 1.807) is 31.2 Å². The molecule has 2 aromatic carbocycles. The van der Waals surface area contributed by atoms with Gasteiger partial charge in [0, 0.05) is 0 Å². The van der Waals surface area contributed by atoms with Crippen molar-refractivity contribution in [3.63, 3.8) is 0 Å². The van der Waals surface area contributed by atoms with Crippen LogP contribution in [0.3, 0.4) is 0 Å². The van der Waals surface area contributed by atoms with E-state index in [1.807, 2.05) is 0 Å². The van der Waals surface area contributed by atoms with Crippen LogP contribution in [0.4, 0.5) is 5.69 Å². The monoisotopic (exact) mass is 391 g/mol. The van der Waals surface area contributed by atoms with Crippen molar-refractivity contribution in [3.05, 3.63) is 58.1 Å². The molecule has 2 rings (SSSR count). The summed E-state index contributed by atoms with van der Waals surface area (Å²) in [6, 6.07) is 10.7. The quantitative estimate of drug-likeness (QED) is 0.714. The molecule has 0 atom stereocenters. The number of hydrogen-bond donors (Lipinski definition) is 0. The van der Waals surface area contributed by atoms with Crippen molar-refractivity contribution >= 4 is 55.8 Å². The fourth-order valence-corrected chi connectivity index (χ4v) is 4.09. The molecule has 0 radical (unpaired) electrons. The van der Waals surface area contributed by atoms with Crippen LogP contribution in [-0.2, 0) is 14.8 Å². The second-order valence-electron chi connectivity index (χ2n) is 4.73. The van der Waals surface area contributed by atoms with Crippen molar-refractivity contribution in [1.82, 2.24) is 0 Å². The predicted molar refractivity (Wildman–Crippen MR) is 93.0 cm³/mol. The highest BCUT2D eigenvalue weighted by atomic mass is 35.5. The van der Waals surface area contributed by atoms with Gasteiger partial charge < -0.3 is 0 Å². The van der Waals surface area contributed by atoms with Crippen LogP contribution < -0.4 is 4.31 Å². The Morgan fingerprint density at radius 1 is 1.09 bits per heavy atom. The zero-order chi connectivity index (χ0) is 17.2. The molecule has 0 fully saturated rings. The molecule has 0 saturated carbocycles. The Hall–Kier alpha value is -1.27. The zero-order valence-electron chi connectivity index (χ0n) is 12.0. The molecule has 0 saturated heterocycles. The summed E-state index contributed by atoms with van der Waals surface area (Å²) in [7, 11) is -4.03. The SMILES string of the molecule is Cc1ccccc1N(CC(=O)Cl)S(=O)(=O)c1ccc(Cl)c(Cl)c1. The Bertz CT molecular complexity index is 853. The third-order valence-electron chi connectivity index (χ3n) is 3.13. The van der Waals surface area contributed by atoms with Crippen LogP contribution in [0, 0.1) is 6.92 Å². The van der Waals surface area contributed by atoms with Gasteiger partial charge in [0.1, 0.15) is 6.54 Å². The smallest absolute Gasteiger partial charge is 0.264 e. The van der Waals surface area contributed by atoms with Gasteiger partial charge in [0.05, 0.1) is 20.6 Å². The van der Waals surface area contributed by atoms with Gasteiger partial charge in [0.15, 0.2) is 0 Å². The van der Waals surface area contributed by atoms with Gasteiger partial charge in [0.2, 0.25) is 5.24 Å². The third-order valence-corrected chi connectivity index (χ3v) is 5.75. The molecule has 4 nitrogen and oxygen atoms in total. The van der Waals surface area contributed by atoms with E-state index in [4.69, 9.17) is 34.8 Å². The molecule has 0 aliphatic rings. The lowest BCUT2D eigenvalue weighted by atomic mass is 10.2. The number of halogens is 3. The molecular formula is C15H12Cl3NO3S. The predicted octanol–water partition coefficient (Wildman–Crippen LogP) is 4.26. The third kappa shape index (κ3) is 3.98. The van der Waals surface area contributed by atoms with Gasteiger partial charge in [-0.25, -0.2) is 8.42 Å². The van der Waals surface area contributed by atoms with Crippen molar-refractivity contribution in [2.24, 2.45) is 0 Å². The summed E-state index contributed by atoms with van der Waals surface area (Å²) < 4.78 is 26.8. The normalized spacial score (nSPS) is 11.3. The Morgan fingerprint density at radius 3 is 2.30 bits per heavy atom. The maximum atomic E-state index is 12.9. The Kier molecular flexibility index (Phi) is 5.57. The highest BCUT2D eigenvalue weighted by Gasteiger charge is 2.28. The number of para-hydroxylation sites is 1. The second-order valence-corrected chi connectivity index (χ2v) is 7.83. The lowest BCUT2D eigenvalue weighted by molar-refractivity contribution is -0.110. The molecule has 0 aliphatic heterocycles. The lowest BCUT2D eigenvalue weighted by Crippen LogP contribution is -2.35. The van der Waals surface area contributed by atoms with Crippen molar-refractivity contribution in [1.29, 1.82) is 0 Å². The van der Waals surface area contributed by atoms with E-state index in [1.165, 1.54) is 18.2 Å². The zero-order valence-corrected chi connectivity index (χ0v) is 15.0. The maximum Gasteiger partial charge on any atom is 0.264 e. The molecule has 0 unspecified atom stereocenters. The molecule has 0 aromatic heterocycles. The largest absolute Gasteiger partial charge is 0.279 e. The molecule has 0 bridgehead atoms. The first-order valence-corrected chi connectivity index (χ1v) is 9.02.